The van der Waals surface area contributed by atoms with E-state index in [4.69, 9.17) is 6.42 Å². The number of para-hydroxylation sites is 1. The fraction of sp³-hybridized carbons (Fsp3) is 0.308. The fourth-order valence-electron chi connectivity index (χ4n) is 1.37. The number of benzene rings is 1. The van der Waals surface area contributed by atoms with Crippen molar-refractivity contribution in [3.05, 3.63) is 29.8 Å². The van der Waals surface area contributed by atoms with Crippen LogP contribution in [0.25, 0.3) is 0 Å². The molecule has 1 amide bonds. The fourth-order valence-corrected chi connectivity index (χ4v) is 1.37. The molecule has 0 saturated heterocycles. The van der Waals surface area contributed by atoms with Crippen LogP contribution in [-0.2, 0) is 11.3 Å². The van der Waals surface area contributed by atoms with Crippen molar-refractivity contribution in [2.75, 3.05) is 13.1 Å². The van der Waals surface area contributed by atoms with Gasteiger partial charge in [0.2, 0.25) is 5.91 Å². The van der Waals surface area contributed by atoms with Gasteiger partial charge in [0.1, 0.15) is 5.75 Å². The highest BCUT2D eigenvalue weighted by molar-refractivity contribution is 5.78. The molecule has 0 aliphatic rings. The third-order valence-corrected chi connectivity index (χ3v) is 2.18. The predicted molar refractivity (Wildman–Crippen MR) is 66.6 cm³/mol. The Kier molecular flexibility index (Phi) is 6.33. The lowest BCUT2D eigenvalue weighted by Crippen LogP contribution is -2.33. The number of amides is 1. The number of halogens is 2. The van der Waals surface area contributed by atoms with E-state index in [0.29, 0.717) is 12.1 Å². The Hall–Kier alpha value is -2.13. The normalized spacial score (nSPS) is 10.0. The molecule has 4 nitrogen and oxygen atoms in total. The van der Waals surface area contributed by atoms with Crippen molar-refractivity contribution in [2.24, 2.45) is 0 Å². The molecular weight excluding hydrogens is 254 g/mol. The molecule has 19 heavy (non-hydrogen) atoms. The quantitative estimate of drug-likeness (QED) is 0.575. The molecule has 2 N–H and O–H groups in total. The Balaban J connectivity index is 2.48. The van der Waals surface area contributed by atoms with Gasteiger partial charge in [0.15, 0.2) is 0 Å². The molecule has 0 fully saturated rings. The minimum Gasteiger partial charge on any atom is -0.434 e. The molecule has 0 aliphatic heterocycles. The molecule has 0 spiro atoms. The summed E-state index contributed by atoms with van der Waals surface area (Å²) in [6.45, 7) is -2.42. The van der Waals surface area contributed by atoms with Crippen LogP contribution in [0.15, 0.2) is 24.3 Å². The van der Waals surface area contributed by atoms with Gasteiger partial charge in [-0.05, 0) is 6.07 Å². The van der Waals surface area contributed by atoms with Crippen LogP contribution in [0.1, 0.15) is 5.56 Å². The summed E-state index contributed by atoms with van der Waals surface area (Å²) < 4.78 is 28.7. The van der Waals surface area contributed by atoms with Crippen LogP contribution in [0.4, 0.5) is 8.78 Å². The van der Waals surface area contributed by atoms with E-state index in [1.54, 1.807) is 18.2 Å². The van der Waals surface area contributed by atoms with Gasteiger partial charge >= 0.3 is 6.61 Å². The van der Waals surface area contributed by atoms with Crippen molar-refractivity contribution in [2.45, 2.75) is 13.2 Å². The molecule has 0 aromatic heterocycles. The van der Waals surface area contributed by atoms with Crippen LogP contribution < -0.4 is 15.4 Å². The van der Waals surface area contributed by atoms with E-state index in [0.717, 1.165) is 0 Å². The minimum absolute atomic E-state index is 0.0504. The number of nitrogens with one attached hydrogen (secondary N) is 2. The van der Waals surface area contributed by atoms with E-state index < -0.39 is 6.61 Å². The van der Waals surface area contributed by atoms with E-state index in [-0.39, 0.29) is 24.7 Å². The minimum atomic E-state index is -2.89. The molecule has 102 valence electrons. The van der Waals surface area contributed by atoms with Crippen LogP contribution in [0.3, 0.4) is 0 Å². The number of carbonyl (C=O) groups excluding carboxylic acids is 1. The number of hydrogen-bond acceptors (Lipinski definition) is 3. The summed E-state index contributed by atoms with van der Waals surface area (Å²) in [5.74, 6) is 2.11. The molecule has 0 aliphatic carbocycles. The van der Waals surface area contributed by atoms with Crippen molar-refractivity contribution < 1.29 is 18.3 Å². The first-order valence-electron chi connectivity index (χ1n) is 5.57. The second kappa shape index (κ2) is 8.06. The highest BCUT2D eigenvalue weighted by atomic mass is 19.3. The monoisotopic (exact) mass is 268 g/mol. The molecule has 1 rings (SSSR count). The molecule has 0 radical (unpaired) electrons. The Morgan fingerprint density at radius 2 is 2.16 bits per heavy atom. The first-order valence-corrected chi connectivity index (χ1v) is 5.57. The molecule has 1 aromatic rings. The van der Waals surface area contributed by atoms with Crippen molar-refractivity contribution in [3.63, 3.8) is 0 Å². The highest BCUT2D eigenvalue weighted by Gasteiger charge is 2.09. The SMILES string of the molecule is C#CCNCC(=O)NCc1ccccc1OC(F)F. The van der Waals surface area contributed by atoms with E-state index in [9.17, 15) is 13.6 Å². The first kappa shape index (κ1) is 14.9. The maximum absolute atomic E-state index is 12.2. The van der Waals surface area contributed by atoms with Gasteiger partial charge < -0.3 is 10.1 Å². The van der Waals surface area contributed by atoms with Gasteiger partial charge in [-0.15, -0.1) is 6.42 Å². The van der Waals surface area contributed by atoms with Crippen LogP contribution >= 0.6 is 0 Å². The number of ether oxygens (including phenoxy) is 1. The number of carbonyl (C=O) groups is 1. The Labute approximate surface area is 110 Å². The van der Waals surface area contributed by atoms with Crippen molar-refractivity contribution >= 4 is 5.91 Å². The lowest BCUT2D eigenvalue weighted by molar-refractivity contribution is -0.120. The molecule has 0 bridgehead atoms. The Morgan fingerprint density at radius 1 is 1.42 bits per heavy atom. The maximum atomic E-state index is 12.2. The van der Waals surface area contributed by atoms with Gasteiger partial charge in [0.05, 0.1) is 13.1 Å². The summed E-state index contributed by atoms with van der Waals surface area (Å²) >= 11 is 0. The molecule has 0 unspecified atom stereocenters. The van der Waals surface area contributed by atoms with Gasteiger partial charge in [-0.3, -0.25) is 10.1 Å². The Morgan fingerprint density at radius 3 is 2.84 bits per heavy atom. The van der Waals surface area contributed by atoms with Gasteiger partial charge in [-0.2, -0.15) is 8.78 Å². The van der Waals surface area contributed by atoms with E-state index >= 15 is 0 Å². The molecule has 0 heterocycles. The number of alkyl halides is 2. The zero-order valence-electron chi connectivity index (χ0n) is 10.2. The van der Waals surface area contributed by atoms with Crippen LogP contribution in [-0.4, -0.2) is 25.6 Å². The second-order valence-electron chi connectivity index (χ2n) is 3.57. The standard InChI is InChI=1S/C13H14F2N2O2/c1-2-7-16-9-12(18)17-8-10-5-3-4-6-11(10)19-13(14)15/h1,3-6,13,16H,7-9H2,(H,17,18). The Bertz CT molecular complexity index is 458. The zero-order valence-corrected chi connectivity index (χ0v) is 10.2. The zero-order chi connectivity index (χ0) is 14.1. The molecule has 0 saturated carbocycles. The third-order valence-electron chi connectivity index (χ3n) is 2.18. The second-order valence-corrected chi connectivity index (χ2v) is 3.57. The maximum Gasteiger partial charge on any atom is 0.387 e. The summed E-state index contributed by atoms with van der Waals surface area (Å²) in [4.78, 5) is 11.4. The van der Waals surface area contributed by atoms with Crippen molar-refractivity contribution in [1.82, 2.24) is 10.6 Å². The lowest BCUT2D eigenvalue weighted by atomic mass is 10.2. The van der Waals surface area contributed by atoms with E-state index in [1.165, 1.54) is 6.07 Å². The van der Waals surface area contributed by atoms with Crippen LogP contribution in [0.5, 0.6) is 5.75 Å². The highest BCUT2D eigenvalue weighted by Crippen LogP contribution is 2.19. The summed E-state index contributed by atoms with van der Waals surface area (Å²) in [5, 5.41) is 5.30. The average Bonchev–Trinajstić information content (AvgIpc) is 2.37. The molecular formula is C13H14F2N2O2. The number of rotatable bonds is 7. The number of terminal acetylenes is 1. The van der Waals surface area contributed by atoms with E-state index in [1.807, 2.05) is 0 Å². The summed E-state index contributed by atoms with van der Waals surface area (Å²) in [6.07, 6.45) is 5.01. The average molecular weight is 268 g/mol. The van der Waals surface area contributed by atoms with Crippen molar-refractivity contribution in [3.8, 4) is 18.1 Å². The smallest absolute Gasteiger partial charge is 0.387 e. The largest absolute Gasteiger partial charge is 0.434 e. The number of hydrogen-bond donors (Lipinski definition) is 2. The van der Waals surface area contributed by atoms with Gasteiger partial charge in [0.25, 0.3) is 0 Å². The van der Waals surface area contributed by atoms with E-state index in [2.05, 4.69) is 21.3 Å². The summed E-state index contributed by atoms with van der Waals surface area (Å²) in [5.41, 5.74) is 0.480. The first-order chi connectivity index (χ1) is 9.13. The summed E-state index contributed by atoms with van der Waals surface area (Å²) in [6, 6.07) is 6.28. The van der Waals surface area contributed by atoms with Gasteiger partial charge in [-0.25, -0.2) is 0 Å². The van der Waals surface area contributed by atoms with Gasteiger partial charge in [-0.1, -0.05) is 24.1 Å². The summed E-state index contributed by atoms with van der Waals surface area (Å²) in [7, 11) is 0. The topological polar surface area (TPSA) is 50.4 Å². The van der Waals surface area contributed by atoms with Crippen molar-refractivity contribution in [1.29, 1.82) is 0 Å². The lowest BCUT2D eigenvalue weighted by Gasteiger charge is -2.11. The molecule has 0 atom stereocenters. The third kappa shape index (κ3) is 5.84. The van der Waals surface area contributed by atoms with Gasteiger partial charge in [0, 0.05) is 12.1 Å². The molecule has 6 heteroatoms. The predicted octanol–water partition coefficient (Wildman–Crippen LogP) is 1.13. The molecule has 1 aromatic carbocycles. The van der Waals surface area contributed by atoms with Crippen LogP contribution in [0.2, 0.25) is 0 Å². The van der Waals surface area contributed by atoms with Crippen LogP contribution in [0, 0.1) is 12.3 Å².